The molecule has 1 aromatic rings. The number of aliphatic hydroxyl groups is 8. The quantitative estimate of drug-likeness (QED) is 0.0364. The zero-order chi connectivity index (χ0) is 64.0. The topological polar surface area (TPSA) is 532 Å². The van der Waals surface area contributed by atoms with Crippen LogP contribution in [0.2, 0.25) is 0 Å². The number of carbonyl (C=O) groups is 10. The van der Waals surface area contributed by atoms with E-state index in [-0.39, 0.29) is 37.2 Å². The summed E-state index contributed by atoms with van der Waals surface area (Å²) >= 11 is 0. The van der Waals surface area contributed by atoms with Crippen molar-refractivity contribution in [1.29, 1.82) is 0 Å². The molecule has 22 N–H and O–H groups in total. The predicted molar refractivity (Wildman–Crippen MR) is 300 cm³/mol. The number of nitrogens with two attached hydrogens (primary N) is 2. The summed E-state index contributed by atoms with van der Waals surface area (Å²) in [5.41, 5.74) is 11.1. The SMILES string of the molecule is CCCCCCCCCCC[C@@H](O[C@H]1OC[C@@H](O)[C@H](O)[C@H]1O)[C@H](O)[C@H](O)C[C@@H]1CC(=O)N[C@@H](CO)C(=O)N[C@H]([C@H](O)c2ccc(O)cc2)C(=O)N[C@H](CCN)C(=O)NCC(=O)N[C@@H](CC(=O)NCC)C(=O)N[C@H](CO)C(=O)N[C@@H](CC(N)=O)C(=O)N1. The molecule has 486 valence electrons. The van der Waals surface area contributed by atoms with E-state index in [1.54, 1.807) is 6.92 Å². The minimum atomic E-state index is -2.08. The number of phenols is 1. The Morgan fingerprint density at radius 3 is 1.83 bits per heavy atom. The van der Waals surface area contributed by atoms with Gasteiger partial charge in [-0.3, -0.25) is 47.9 Å². The van der Waals surface area contributed by atoms with Crippen molar-refractivity contribution in [3.8, 4) is 5.75 Å². The summed E-state index contributed by atoms with van der Waals surface area (Å²) < 4.78 is 11.4. The lowest BCUT2D eigenvalue weighted by molar-refractivity contribution is -0.293. The second kappa shape index (κ2) is 38.4. The van der Waals surface area contributed by atoms with E-state index in [1.807, 2.05) is 0 Å². The van der Waals surface area contributed by atoms with Crippen LogP contribution in [0, 0.1) is 0 Å². The fourth-order valence-corrected chi connectivity index (χ4v) is 9.34. The van der Waals surface area contributed by atoms with Gasteiger partial charge >= 0.3 is 0 Å². The summed E-state index contributed by atoms with van der Waals surface area (Å²) in [5.74, 6) is -12.2. The minimum absolute atomic E-state index is 0.000241. The molecule has 10 amide bonds. The van der Waals surface area contributed by atoms with E-state index in [4.69, 9.17) is 20.9 Å². The van der Waals surface area contributed by atoms with Gasteiger partial charge in [-0.25, -0.2) is 0 Å². The van der Waals surface area contributed by atoms with E-state index in [1.165, 1.54) is 12.1 Å². The molecule has 2 aliphatic rings. The van der Waals surface area contributed by atoms with Crippen molar-refractivity contribution in [3.63, 3.8) is 0 Å². The van der Waals surface area contributed by atoms with Gasteiger partial charge in [0.2, 0.25) is 59.1 Å². The summed E-state index contributed by atoms with van der Waals surface area (Å²) in [7, 11) is 0. The molecule has 0 unspecified atom stereocenters. The number of ether oxygens (including phenoxy) is 2. The Morgan fingerprint density at radius 1 is 0.674 bits per heavy atom. The maximum Gasteiger partial charge on any atom is 0.246 e. The maximum absolute atomic E-state index is 14.3. The standard InChI is InChI=1S/C54H89N11O21/c1-3-5-6-7-8-9-10-11-12-13-38(86-54-47(78)46(77)37(70)27-85-54)45(76)36(69)20-29-21-41(73)61-34(25-66)52(83)65-43(44(75)28-14-16-30(68)17-15-28)53(84)62-31(18-19-55)48(79)58-24-42(74)60-33(23-40(72)57-4-2)50(81)64-35(26-67)51(82)63-32(22-39(56)71)49(80)59-29/h14-17,29,31-38,43-47,54,66-70,75-78H,3-13,18-27,55H2,1-2H3,(H2,56,71)(H,57,72)(H,58,79)(H,59,80)(H,60,74)(H,61,73)(H,62,84)(H,63,82)(H,64,81)(H,65,83)/t29-,31-,32+,33+,34+,35-,36-,37-,38-,43-,44-,45-,46+,47-,54-/m1/s1. The summed E-state index contributed by atoms with van der Waals surface area (Å²) in [6.45, 7) is -0.413. The zero-order valence-electron chi connectivity index (χ0n) is 48.4. The fourth-order valence-electron chi connectivity index (χ4n) is 9.34. The molecule has 32 heteroatoms. The fraction of sp³-hybridized carbons (Fsp3) is 0.704. The Labute approximate surface area is 497 Å². The number of rotatable bonds is 27. The smallest absolute Gasteiger partial charge is 0.246 e. The summed E-state index contributed by atoms with van der Waals surface area (Å²) in [6.07, 6.45) is -9.99. The number of benzene rings is 1. The number of aromatic hydroxyl groups is 1. The highest BCUT2D eigenvalue weighted by Crippen LogP contribution is 2.25. The molecule has 2 fully saturated rings. The predicted octanol–water partition coefficient (Wildman–Crippen LogP) is -7.07. The highest BCUT2D eigenvalue weighted by Gasteiger charge is 2.42. The van der Waals surface area contributed by atoms with Crippen molar-refractivity contribution in [1.82, 2.24) is 47.9 Å². The zero-order valence-corrected chi connectivity index (χ0v) is 48.4. The van der Waals surface area contributed by atoms with Crippen molar-refractivity contribution in [3.05, 3.63) is 29.8 Å². The van der Waals surface area contributed by atoms with Crippen LogP contribution in [-0.4, -0.2) is 230 Å². The lowest BCUT2D eigenvalue weighted by Crippen LogP contribution is -2.60. The third kappa shape index (κ3) is 24.9. The number of nitrogens with one attached hydrogen (secondary N) is 9. The normalized spacial score (nSPS) is 26.9. The van der Waals surface area contributed by atoms with Gasteiger partial charge < -0.3 is 115 Å². The number of unbranched alkanes of at least 4 members (excludes halogenated alkanes) is 8. The van der Waals surface area contributed by atoms with Gasteiger partial charge in [-0.15, -0.1) is 0 Å². The first kappa shape index (κ1) is 73.5. The first-order chi connectivity index (χ1) is 40.9. The number of hydrogen-bond acceptors (Lipinski definition) is 22. The van der Waals surface area contributed by atoms with Gasteiger partial charge in [0.15, 0.2) is 6.29 Å². The van der Waals surface area contributed by atoms with Crippen LogP contribution in [0.5, 0.6) is 5.75 Å². The van der Waals surface area contributed by atoms with Gasteiger partial charge in [0.25, 0.3) is 0 Å². The number of primary amides is 1. The third-order valence-electron chi connectivity index (χ3n) is 14.2. The molecule has 0 aliphatic carbocycles. The number of hydrogen-bond donors (Lipinski definition) is 20. The Bertz CT molecular complexity index is 2360. The van der Waals surface area contributed by atoms with E-state index < -0.39 is 202 Å². The Morgan fingerprint density at radius 2 is 1.22 bits per heavy atom. The van der Waals surface area contributed by atoms with Gasteiger partial charge in [-0.05, 0) is 50.4 Å². The summed E-state index contributed by atoms with van der Waals surface area (Å²) in [6, 6.07) is -8.61. The van der Waals surface area contributed by atoms with Crippen LogP contribution in [0.25, 0.3) is 0 Å². The van der Waals surface area contributed by atoms with E-state index in [2.05, 4.69) is 54.8 Å². The van der Waals surface area contributed by atoms with Crippen LogP contribution in [0.4, 0.5) is 0 Å². The number of aliphatic hydroxyl groups excluding tert-OH is 8. The van der Waals surface area contributed by atoms with Crippen LogP contribution in [0.15, 0.2) is 24.3 Å². The molecule has 86 heavy (non-hydrogen) atoms. The monoisotopic (exact) mass is 1230 g/mol. The number of carbonyl (C=O) groups excluding carboxylic acids is 10. The number of phenolic OH excluding ortho intramolecular Hbond substituents is 1. The molecule has 0 radical (unpaired) electrons. The molecule has 0 aromatic heterocycles. The van der Waals surface area contributed by atoms with Gasteiger partial charge in [0.1, 0.15) is 72.5 Å². The molecule has 2 saturated heterocycles. The van der Waals surface area contributed by atoms with Crippen molar-refractivity contribution in [2.75, 3.05) is 39.5 Å². The summed E-state index contributed by atoms with van der Waals surface area (Å²) in [4.78, 5) is 136. The van der Waals surface area contributed by atoms with Crippen LogP contribution in [-0.2, 0) is 57.4 Å². The Balaban J connectivity index is 2.14. The van der Waals surface area contributed by atoms with Crippen molar-refractivity contribution >= 4 is 59.1 Å². The van der Waals surface area contributed by atoms with Crippen molar-refractivity contribution in [2.45, 2.75) is 201 Å². The average molecular weight is 1230 g/mol. The molecule has 0 saturated carbocycles. The molecule has 32 nitrogen and oxygen atoms in total. The lowest BCUT2D eigenvalue weighted by atomic mass is 9.94. The molecule has 0 spiro atoms. The summed E-state index contributed by atoms with van der Waals surface area (Å²) in [5, 5.41) is 118. The van der Waals surface area contributed by atoms with E-state index in [0.29, 0.717) is 12.8 Å². The maximum atomic E-state index is 14.3. The molecule has 15 atom stereocenters. The molecule has 3 rings (SSSR count). The second-order valence-electron chi connectivity index (χ2n) is 21.2. The van der Waals surface area contributed by atoms with Crippen LogP contribution >= 0.6 is 0 Å². The molecule has 1 aromatic carbocycles. The minimum Gasteiger partial charge on any atom is -0.508 e. The first-order valence-corrected chi connectivity index (χ1v) is 28.9. The van der Waals surface area contributed by atoms with Gasteiger partial charge in [-0.2, -0.15) is 0 Å². The third-order valence-corrected chi connectivity index (χ3v) is 14.2. The van der Waals surface area contributed by atoms with Crippen LogP contribution < -0.4 is 59.3 Å². The van der Waals surface area contributed by atoms with E-state index in [9.17, 15) is 93.9 Å². The Kier molecular flexibility index (Phi) is 32.9. The second-order valence-corrected chi connectivity index (χ2v) is 21.2. The van der Waals surface area contributed by atoms with Gasteiger partial charge in [0, 0.05) is 19.0 Å². The molecular formula is C54H89N11O21. The highest BCUT2D eigenvalue weighted by atomic mass is 16.7. The van der Waals surface area contributed by atoms with Gasteiger partial charge in [-0.1, -0.05) is 76.8 Å². The molecular weight excluding hydrogens is 1140 g/mol. The molecule has 0 bridgehead atoms. The molecule has 2 aliphatic heterocycles. The van der Waals surface area contributed by atoms with Crippen molar-refractivity contribution < 1.29 is 103 Å². The largest absolute Gasteiger partial charge is 0.508 e. The van der Waals surface area contributed by atoms with Crippen LogP contribution in [0.3, 0.4) is 0 Å². The van der Waals surface area contributed by atoms with E-state index >= 15 is 0 Å². The average Bonchev–Trinajstić information content (AvgIpc) is 2.59. The van der Waals surface area contributed by atoms with E-state index in [0.717, 1.165) is 57.1 Å². The molecule has 2 heterocycles. The van der Waals surface area contributed by atoms with Crippen molar-refractivity contribution in [2.24, 2.45) is 11.5 Å². The Hall–Kier alpha value is -6.72. The highest BCUT2D eigenvalue weighted by molar-refractivity contribution is 5.99. The first-order valence-electron chi connectivity index (χ1n) is 28.9. The lowest BCUT2D eigenvalue weighted by Gasteiger charge is -2.38. The number of amides is 10. The van der Waals surface area contributed by atoms with Gasteiger partial charge in [0.05, 0.1) is 51.4 Å². The van der Waals surface area contributed by atoms with Crippen LogP contribution in [0.1, 0.15) is 122 Å².